The van der Waals surface area contributed by atoms with Gasteiger partial charge < -0.3 is 24.6 Å². The first kappa shape index (κ1) is 21.9. The fraction of sp³-hybridized carbons (Fsp3) is 0.524. The van der Waals surface area contributed by atoms with Gasteiger partial charge in [-0.1, -0.05) is 0 Å². The van der Waals surface area contributed by atoms with Crippen molar-refractivity contribution in [2.75, 3.05) is 18.4 Å². The number of carbonyl (C=O) groups is 1. The number of rotatable bonds is 4. The lowest BCUT2D eigenvalue weighted by Crippen LogP contribution is -2.36. The van der Waals surface area contributed by atoms with Crippen molar-refractivity contribution < 1.29 is 14.6 Å². The first-order valence-electron chi connectivity index (χ1n) is 10.6. The van der Waals surface area contributed by atoms with Crippen LogP contribution in [0.1, 0.15) is 33.5 Å². The van der Waals surface area contributed by atoms with Gasteiger partial charge in [0.1, 0.15) is 23.6 Å². The molecule has 3 aromatic rings. The number of fused-ring (bicyclic) bond motifs is 1. The number of amides is 1. The third-order valence-corrected chi connectivity index (χ3v) is 5.15. The van der Waals surface area contributed by atoms with E-state index in [9.17, 15) is 9.90 Å². The summed E-state index contributed by atoms with van der Waals surface area (Å²) < 4.78 is 7.39. The molecule has 1 aliphatic rings. The molecule has 4 rings (SSSR count). The first-order chi connectivity index (χ1) is 15.2. The molecule has 11 nitrogen and oxygen atoms in total. The molecule has 2 N–H and O–H groups in total. The van der Waals surface area contributed by atoms with Crippen LogP contribution in [0.4, 0.5) is 10.6 Å². The molecule has 4 heterocycles. The molecular weight excluding hydrogens is 412 g/mol. The van der Waals surface area contributed by atoms with E-state index in [0.29, 0.717) is 35.2 Å². The number of aromatic nitrogens is 6. The second-order valence-electron chi connectivity index (χ2n) is 8.80. The molecule has 0 saturated carbocycles. The van der Waals surface area contributed by atoms with E-state index in [2.05, 4.69) is 25.3 Å². The van der Waals surface area contributed by atoms with E-state index in [1.54, 1.807) is 12.4 Å². The third kappa shape index (κ3) is 4.33. The van der Waals surface area contributed by atoms with Crippen molar-refractivity contribution in [2.45, 2.75) is 58.9 Å². The zero-order valence-electron chi connectivity index (χ0n) is 18.9. The van der Waals surface area contributed by atoms with E-state index >= 15 is 0 Å². The number of aliphatic hydroxyl groups excluding tert-OH is 1. The van der Waals surface area contributed by atoms with E-state index in [1.807, 2.05) is 39.2 Å². The number of carbonyl (C=O) groups excluding carboxylic acids is 1. The number of nitrogens with one attached hydrogen (secondary N) is 1. The van der Waals surface area contributed by atoms with Gasteiger partial charge in [0.25, 0.3) is 0 Å². The van der Waals surface area contributed by atoms with Crippen LogP contribution in [0.3, 0.4) is 0 Å². The predicted molar refractivity (Wildman–Crippen MR) is 118 cm³/mol. The van der Waals surface area contributed by atoms with Gasteiger partial charge in [-0.3, -0.25) is 0 Å². The summed E-state index contributed by atoms with van der Waals surface area (Å²) in [5.41, 5.74) is 1.42. The minimum atomic E-state index is -0.772. The zero-order valence-corrected chi connectivity index (χ0v) is 18.9. The van der Waals surface area contributed by atoms with Crippen molar-refractivity contribution in [1.29, 1.82) is 0 Å². The Hall–Kier alpha value is -3.34. The molecule has 0 bridgehead atoms. The SMILES string of the molecule is CCn1c(-c2cnc(C)nc2)nc2c(NC3CN(C(=O)OC(C)(C)C)CC3O)ncnc21. The maximum atomic E-state index is 12.4. The molecule has 0 aromatic carbocycles. The number of nitrogens with zero attached hydrogens (tertiary/aromatic N) is 7. The fourth-order valence-corrected chi connectivity index (χ4v) is 3.65. The van der Waals surface area contributed by atoms with Gasteiger partial charge in [-0.25, -0.2) is 29.7 Å². The van der Waals surface area contributed by atoms with Crippen LogP contribution in [0, 0.1) is 6.92 Å². The van der Waals surface area contributed by atoms with Crippen LogP contribution in [0.2, 0.25) is 0 Å². The van der Waals surface area contributed by atoms with E-state index in [0.717, 1.165) is 5.56 Å². The highest BCUT2D eigenvalue weighted by atomic mass is 16.6. The monoisotopic (exact) mass is 440 g/mol. The van der Waals surface area contributed by atoms with Crippen molar-refractivity contribution >= 4 is 23.1 Å². The first-order valence-corrected chi connectivity index (χ1v) is 10.6. The van der Waals surface area contributed by atoms with Crippen molar-refractivity contribution in [1.82, 2.24) is 34.4 Å². The Bertz CT molecular complexity index is 1120. The summed E-state index contributed by atoms with van der Waals surface area (Å²) in [6.45, 7) is 10.4. The van der Waals surface area contributed by atoms with Crippen molar-refractivity contribution in [3.05, 3.63) is 24.5 Å². The molecule has 0 aliphatic carbocycles. The van der Waals surface area contributed by atoms with Gasteiger partial charge in [-0.2, -0.15) is 0 Å². The molecule has 1 saturated heterocycles. The van der Waals surface area contributed by atoms with Gasteiger partial charge in [0.05, 0.1) is 24.3 Å². The normalized spacial score (nSPS) is 18.9. The number of hydrogen-bond acceptors (Lipinski definition) is 9. The number of aryl methyl sites for hydroxylation is 2. The largest absolute Gasteiger partial charge is 0.444 e. The topological polar surface area (TPSA) is 131 Å². The van der Waals surface area contributed by atoms with Crippen molar-refractivity contribution in [2.24, 2.45) is 0 Å². The number of anilines is 1. The summed E-state index contributed by atoms with van der Waals surface area (Å²) in [7, 11) is 0. The van der Waals surface area contributed by atoms with Gasteiger partial charge in [-0.15, -0.1) is 0 Å². The van der Waals surface area contributed by atoms with Crippen LogP contribution in [0.5, 0.6) is 0 Å². The smallest absolute Gasteiger partial charge is 0.410 e. The highest BCUT2D eigenvalue weighted by Crippen LogP contribution is 2.27. The molecule has 1 fully saturated rings. The van der Waals surface area contributed by atoms with Crippen LogP contribution in [-0.2, 0) is 11.3 Å². The highest BCUT2D eigenvalue weighted by Gasteiger charge is 2.36. The Kier molecular flexibility index (Phi) is 5.68. The Labute approximate surface area is 185 Å². The van der Waals surface area contributed by atoms with Crippen LogP contribution in [0.15, 0.2) is 18.7 Å². The quantitative estimate of drug-likeness (QED) is 0.625. The summed E-state index contributed by atoms with van der Waals surface area (Å²) in [5, 5.41) is 13.8. The number of β-amino-alcohol motifs (C(OH)–C–C–N with tert-alkyl or cyclic N) is 1. The summed E-state index contributed by atoms with van der Waals surface area (Å²) >= 11 is 0. The van der Waals surface area contributed by atoms with Crippen LogP contribution >= 0.6 is 0 Å². The predicted octanol–water partition coefficient (Wildman–Crippen LogP) is 2.00. The van der Waals surface area contributed by atoms with Gasteiger partial charge >= 0.3 is 6.09 Å². The fourth-order valence-electron chi connectivity index (χ4n) is 3.65. The van der Waals surface area contributed by atoms with E-state index in [1.165, 1.54) is 11.2 Å². The highest BCUT2D eigenvalue weighted by molar-refractivity contribution is 5.86. The number of aliphatic hydroxyl groups is 1. The van der Waals surface area contributed by atoms with Gasteiger partial charge in [-0.05, 0) is 34.6 Å². The standard InChI is InChI=1S/C21H28N8O3/c1-6-29-18(13-7-22-12(2)23-8-13)27-16-17(24-11-25-19(16)29)26-14-9-28(10-15(14)30)20(31)32-21(3,4)5/h7-8,11,14-15,30H,6,9-10H2,1-5H3,(H,24,25,26). The molecule has 11 heteroatoms. The molecule has 3 aromatic heterocycles. The second-order valence-corrected chi connectivity index (χ2v) is 8.80. The lowest BCUT2D eigenvalue weighted by atomic mass is 10.2. The molecule has 0 spiro atoms. The Morgan fingerprint density at radius 2 is 1.94 bits per heavy atom. The number of ether oxygens (including phenoxy) is 1. The molecule has 1 amide bonds. The van der Waals surface area contributed by atoms with Crippen LogP contribution in [0.25, 0.3) is 22.6 Å². The molecule has 170 valence electrons. The number of hydrogen-bond donors (Lipinski definition) is 2. The maximum Gasteiger partial charge on any atom is 0.410 e. The van der Waals surface area contributed by atoms with E-state index in [4.69, 9.17) is 9.72 Å². The van der Waals surface area contributed by atoms with Gasteiger partial charge in [0.15, 0.2) is 17.0 Å². The Morgan fingerprint density at radius 1 is 1.22 bits per heavy atom. The summed E-state index contributed by atoms with van der Waals surface area (Å²) in [4.78, 5) is 36.0. The van der Waals surface area contributed by atoms with E-state index in [-0.39, 0.29) is 13.1 Å². The molecule has 2 atom stereocenters. The van der Waals surface area contributed by atoms with Crippen LogP contribution < -0.4 is 5.32 Å². The molecule has 2 unspecified atom stereocenters. The lowest BCUT2D eigenvalue weighted by molar-refractivity contribution is 0.0270. The summed E-state index contributed by atoms with van der Waals surface area (Å²) in [5.74, 6) is 1.86. The molecule has 1 aliphatic heterocycles. The molecule has 32 heavy (non-hydrogen) atoms. The lowest BCUT2D eigenvalue weighted by Gasteiger charge is -2.24. The summed E-state index contributed by atoms with van der Waals surface area (Å²) in [6.07, 6.45) is 3.70. The summed E-state index contributed by atoms with van der Waals surface area (Å²) in [6, 6.07) is -0.418. The number of likely N-dealkylation sites (tertiary alicyclic amines) is 1. The molecular formula is C21H28N8O3. The Morgan fingerprint density at radius 3 is 2.59 bits per heavy atom. The minimum Gasteiger partial charge on any atom is -0.444 e. The van der Waals surface area contributed by atoms with Gasteiger partial charge in [0, 0.05) is 25.5 Å². The maximum absolute atomic E-state index is 12.4. The van der Waals surface area contributed by atoms with Crippen molar-refractivity contribution in [3.63, 3.8) is 0 Å². The average Bonchev–Trinajstić information content (AvgIpc) is 3.28. The molecule has 0 radical (unpaired) electrons. The zero-order chi connectivity index (χ0) is 23.0. The number of imidazole rings is 1. The van der Waals surface area contributed by atoms with Crippen LogP contribution in [-0.4, -0.2) is 76.4 Å². The minimum absolute atomic E-state index is 0.177. The van der Waals surface area contributed by atoms with Gasteiger partial charge in [0.2, 0.25) is 0 Å². The van der Waals surface area contributed by atoms with Crippen molar-refractivity contribution in [3.8, 4) is 11.4 Å². The second kappa shape index (κ2) is 8.30. The third-order valence-electron chi connectivity index (χ3n) is 5.15. The average molecular weight is 441 g/mol. The van der Waals surface area contributed by atoms with E-state index < -0.39 is 23.8 Å². The Balaban J connectivity index is 1.61.